The Labute approximate surface area is 129 Å². The molecule has 0 aliphatic heterocycles. The molecule has 2 aromatic carbocycles. The van der Waals surface area contributed by atoms with Gasteiger partial charge in [0.1, 0.15) is 10.7 Å². The van der Waals surface area contributed by atoms with Gasteiger partial charge in [-0.2, -0.15) is 0 Å². The lowest BCUT2D eigenvalue weighted by Gasteiger charge is -2.12. The van der Waals surface area contributed by atoms with Crippen molar-refractivity contribution >= 4 is 37.3 Å². The molecule has 21 heavy (non-hydrogen) atoms. The molecule has 0 unspecified atom stereocenters. The number of sulfonamides is 1. The minimum Gasteiger partial charge on any atom is -0.398 e. The summed E-state index contributed by atoms with van der Waals surface area (Å²) >= 11 is 2.92. The van der Waals surface area contributed by atoms with Crippen LogP contribution >= 0.6 is 15.9 Å². The standard InChI is InChI=1S/C13H11BrF2N2O2S/c1-7-2-3-12(11(17)4-7)21(19,20)18-13-9(14)5-8(15)6-10(13)16/h2-6,18H,17H2,1H3. The number of nitrogens with two attached hydrogens (primary N) is 1. The maximum Gasteiger partial charge on any atom is 0.264 e. The van der Waals surface area contributed by atoms with Crippen LogP contribution in [0.25, 0.3) is 0 Å². The fraction of sp³-hybridized carbons (Fsp3) is 0.0769. The third-order valence-electron chi connectivity index (χ3n) is 2.70. The van der Waals surface area contributed by atoms with Crippen LogP contribution in [0, 0.1) is 18.6 Å². The molecule has 0 spiro atoms. The first-order valence-electron chi connectivity index (χ1n) is 5.74. The average molecular weight is 377 g/mol. The lowest BCUT2D eigenvalue weighted by molar-refractivity contribution is 0.581. The zero-order chi connectivity index (χ0) is 15.8. The number of hydrogen-bond acceptors (Lipinski definition) is 3. The maximum atomic E-state index is 13.7. The number of halogens is 3. The molecule has 112 valence electrons. The molecular formula is C13H11BrF2N2O2S. The Morgan fingerprint density at radius 1 is 1.19 bits per heavy atom. The summed E-state index contributed by atoms with van der Waals surface area (Å²) in [5.74, 6) is -1.85. The monoisotopic (exact) mass is 376 g/mol. The van der Waals surface area contributed by atoms with Crippen LogP contribution in [0.3, 0.4) is 0 Å². The highest BCUT2D eigenvalue weighted by Gasteiger charge is 2.21. The van der Waals surface area contributed by atoms with Gasteiger partial charge in [-0.15, -0.1) is 0 Å². The van der Waals surface area contributed by atoms with Crippen LogP contribution in [0.4, 0.5) is 20.2 Å². The Morgan fingerprint density at radius 3 is 2.43 bits per heavy atom. The number of rotatable bonds is 3. The lowest BCUT2D eigenvalue weighted by atomic mass is 10.2. The molecule has 2 aromatic rings. The van der Waals surface area contributed by atoms with E-state index in [4.69, 9.17) is 5.73 Å². The number of nitrogens with one attached hydrogen (secondary N) is 1. The van der Waals surface area contributed by atoms with Gasteiger partial charge in [0, 0.05) is 10.5 Å². The predicted octanol–water partition coefficient (Wildman–Crippen LogP) is 3.42. The van der Waals surface area contributed by atoms with Gasteiger partial charge in [-0.25, -0.2) is 17.2 Å². The van der Waals surface area contributed by atoms with Crippen LogP contribution in [0.2, 0.25) is 0 Å². The van der Waals surface area contributed by atoms with Crippen molar-refractivity contribution in [1.29, 1.82) is 0 Å². The summed E-state index contributed by atoms with van der Waals surface area (Å²) in [7, 11) is -4.09. The quantitative estimate of drug-likeness (QED) is 0.806. The normalized spacial score (nSPS) is 11.4. The zero-order valence-corrected chi connectivity index (χ0v) is 13.2. The molecule has 0 aliphatic rings. The molecule has 0 radical (unpaired) electrons. The van der Waals surface area contributed by atoms with Crippen molar-refractivity contribution in [3.63, 3.8) is 0 Å². The molecule has 3 N–H and O–H groups in total. The van der Waals surface area contributed by atoms with Crippen molar-refractivity contribution in [3.05, 3.63) is 52.0 Å². The topological polar surface area (TPSA) is 72.2 Å². The van der Waals surface area contributed by atoms with Gasteiger partial charge in [0.25, 0.3) is 10.0 Å². The van der Waals surface area contributed by atoms with Crippen LogP contribution in [-0.4, -0.2) is 8.42 Å². The number of nitrogen functional groups attached to an aromatic ring is 1. The highest BCUT2D eigenvalue weighted by atomic mass is 79.9. The van der Waals surface area contributed by atoms with Crippen LogP contribution < -0.4 is 10.5 Å². The average Bonchev–Trinajstić information content (AvgIpc) is 2.33. The Bertz CT molecular complexity index is 787. The zero-order valence-electron chi connectivity index (χ0n) is 10.8. The molecule has 0 saturated heterocycles. The van der Waals surface area contributed by atoms with Crippen LogP contribution in [0.5, 0.6) is 0 Å². The molecule has 0 amide bonds. The minimum absolute atomic E-state index is 0.0427. The van der Waals surface area contributed by atoms with Crippen molar-refractivity contribution in [1.82, 2.24) is 0 Å². The second-order valence-electron chi connectivity index (χ2n) is 4.39. The Morgan fingerprint density at radius 2 is 1.86 bits per heavy atom. The van der Waals surface area contributed by atoms with E-state index < -0.39 is 21.7 Å². The summed E-state index contributed by atoms with van der Waals surface area (Å²) in [5, 5.41) is 0. The highest BCUT2D eigenvalue weighted by molar-refractivity contribution is 9.10. The van der Waals surface area contributed by atoms with Crippen molar-refractivity contribution in [2.75, 3.05) is 10.5 Å². The summed E-state index contributed by atoms with van der Waals surface area (Å²) in [6, 6.07) is 5.93. The van der Waals surface area contributed by atoms with Crippen molar-refractivity contribution in [2.24, 2.45) is 0 Å². The third-order valence-corrected chi connectivity index (χ3v) is 4.75. The molecule has 0 heterocycles. The Kier molecular flexibility index (Phi) is 4.20. The largest absolute Gasteiger partial charge is 0.398 e. The van der Waals surface area contributed by atoms with E-state index in [9.17, 15) is 17.2 Å². The first-order chi connectivity index (χ1) is 9.70. The number of hydrogen-bond donors (Lipinski definition) is 2. The summed E-state index contributed by atoms with van der Waals surface area (Å²) < 4.78 is 53.2. The number of benzene rings is 2. The van der Waals surface area contributed by atoms with Gasteiger partial charge in [-0.05, 0) is 46.6 Å². The molecule has 0 atom stereocenters. The molecule has 0 saturated carbocycles. The van der Waals surface area contributed by atoms with Gasteiger partial charge >= 0.3 is 0 Å². The first kappa shape index (κ1) is 15.7. The van der Waals surface area contributed by atoms with E-state index in [0.29, 0.717) is 6.07 Å². The third kappa shape index (κ3) is 3.33. The van der Waals surface area contributed by atoms with Crippen LogP contribution in [0.1, 0.15) is 5.56 Å². The second-order valence-corrected chi connectivity index (χ2v) is 6.90. The predicted molar refractivity (Wildman–Crippen MR) is 80.5 cm³/mol. The van der Waals surface area contributed by atoms with Gasteiger partial charge in [0.2, 0.25) is 0 Å². The molecule has 8 heteroatoms. The fourth-order valence-corrected chi connectivity index (χ4v) is 3.58. The molecule has 0 aromatic heterocycles. The van der Waals surface area contributed by atoms with E-state index in [2.05, 4.69) is 20.7 Å². The summed E-state index contributed by atoms with van der Waals surface area (Å²) in [6.45, 7) is 1.76. The maximum absolute atomic E-state index is 13.7. The lowest BCUT2D eigenvalue weighted by Crippen LogP contribution is -2.16. The Hall–Kier alpha value is -1.67. The Balaban J connectivity index is 2.47. The molecular weight excluding hydrogens is 366 g/mol. The van der Waals surface area contributed by atoms with E-state index in [1.165, 1.54) is 12.1 Å². The van der Waals surface area contributed by atoms with Crippen molar-refractivity contribution in [2.45, 2.75) is 11.8 Å². The van der Waals surface area contributed by atoms with Gasteiger partial charge in [0.05, 0.1) is 11.4 Å². The smallest absolute Gasteiger partial charge is 0.264 e. The summed E-state index contributed by atoms with van der Waals surface area (Å²) in [4.78, 5) is -0.177. The van der Waals surface area contributed by atoms with Gasteiger partial charge in [-0.3, -0.25) is 4.72 Å². The highest BCUT2D eigenvalue weighted by Crippen LogP contribution is 2.30. The minimum atomic E-state index is -4.09. The van der Waals surface area contributed by atoms with E-state index in [1.807, 2.05) is 0 Å². The molecule has 2 rings (SSSR count). The molecule has 0 aliphatic carbocycles. The SMILES string of the molecule is Cc1ccc(S(=O)(=O)Nc2c(F)cc(F)cc2Br)c(N)c1. The summed E-state index contributed by atoms with van der Waals surface area (Å²) in [6.07, 6.45) is 0. The van der Waals surface area contributed by atoms with Crippen molar-refractivity contribution < 1.29 is 17.2 Å². The van der Waals surface area contributed by atoms with Crippen molar-refractivity contribution in [3.8, 4) is 0 Å². The van der Waals surface area contributed by atoms with Gasteiger partial charge < -0.3 is 5.73 Å². The van der Waals surface area contributed by atoms with E-state index in [-0.39, 0.29) is 20.7 Å². The van der Waals surface area contributed by atoms with Crippen LogP contribution in [-0.2, 0) is 10.0 Å². The molecule has 0 fully saturated rings. The second kappa shape index (κ2) is 5.61. The van der Waals surface area contributed by atoms with Crippen LogP contribution in [0.15, 0.2) is 39.7 Å². The number of aryl methyl sites for hydroxylation is 1. The van der Waals surface area contributed by atoms with Gasteiger partial charge in [-0.1, -0.05) is 6.07 Å². The van der Waals surface area contributed by atoms with E-state index >= 15 is 0 Å². The van der Waals surface area contributed by atoms with Gasteiger partial charge in [0.15, 0.2) is 5.82 Å². The van der Waals surface area contributed by atoms with E-state index in [0.717, 1.165) is 11.6 Å². The summed E-state index contributed by atoms with van der Waals surface area (Å²) in [5.41, 5.74) is 6.13. The van der Waals surface area contributed by atoms with E-state index in [1.54, 1.807) is 13.0 Å². The number of anilines is 2. The fourth-order valence-electron chi connectivity index (χ4n) is 1.74. The molecule has 0 bridgehead atoms. The first-order valence-corrected chi connectivity index (χ1v) is 8.02. The molecule has 4 nitrogen and oxygen atoms in total.